The second-order valence-electron chi connectivity index (χ2n) is 4.07. The van der Waals surface area contributed by atoms with Gasteiger partial charge in [-0.3, -0.25) is 4.79 Å². The van der Waals surface area contributed by atoms with Crippen LogP contribution in [0.1, 0.15) is 37.6 Å². The van der Waals surface area contributed by atoms with Gasteiger partial charge in [-0.1, -0.05) is 31.9 Å². The second-order valence-corrected chi connectivity index (χ2v) is 4.43. The molecule has 0 saturated carbocycles. The van der Waals surface area contributed by atoms with E-state index in [1.54, 1.807) is 0 Å². The van der Waals surface area contributed by atoms with Gasteiger partial charge in [-0.05, 0) is 12.8 Å². The van der Waals surface area contributed by atoms with Crippen molar-refractivity contribution in [2.45, 2.75) is 27.2 Å². The van der Waals surface area contributed by atoms with E-state index in [1.807, 2.05) is 6.92 Å². The molecule has 1 atom stereocenters. The van der Waals surface area contributed by atoms with Gasteiger partial charge in [-0.25, -0.2) is 9.97 Å². The fourth-order valence-electron chi connectivity index (χ4n) is 1.59. The van der Waals surface area contributed by atoms with E-state index in [0.29, 0.717) is 17.3 Å². The third-order valence-corrected chi connectivity index (χ3v) is 3.14. The molecule has 1 aromatic heterocycles. The molecule has 1 heterocycles. The van der Waals surface area contributed by atoms with E-state index in [1.165, 1.54) is 6.33 Å². The Kier molecular flexibility index (Phi) is 5.35. The van der Waals surface area contributed by atoms with Crippen LogP contribution in [0, 0.1) is 5.92 Å². The molecular weight excluding hydrogens is 238 g/mol. The zero-order valence-corrected chi connectivity index (χ0v) is 11.2. The van der Waals surface area contributed by atoms with Crippen molar-refractivity contribution in [2.24, 2.45) is 5.92 Å². The summed E-state index contributed by atoms with van der Waals surface area (Å²) >= 11 is 5.89. The molecule has 1 aromatic rings. The molecule has 0 fully saturated rings. The molecule has 1 rings (SSSR count). The third kappa shape index (κ3) is 3.40. The monoisotopic (exact) mass is 255 g/mol. The van der Waals surface area contributed by atoms with Crippen LogP contribution in [0.2, 0.25) is 5.15 Å². The van der Waals surface area contributed by atoms with Crippen molar-refractivity contribution in [2.75, 3.05) is 18.0 Å². The predicted octanol–water partition coefficient (Wildman–Crippen LogP) is 2.81. The van der Waals surface area contributed by atoms with Gasteiger partial charge in [0, 0.05) is 13.1 Å². The zero-order chi connectivity index (χ0) is 12.8. The molecule has 0 spiro atoms. The first-order chi connectivity index (χ1) is 8.13. The number of hydrogen-bond donors (Lipinski definition) is 0. The highest BCUT2D eigenvalue weighted by molar-refractivity contribution is 6.32. The van der Waals surface area contributed by atoms with Crippen molar-refractivity contribution in [3.05, 3.63) is 17.0 Å². The Hall–Kier alpha value is -1.16. The van der Waals surface area contributed by atoms with Crippen molar-refractivity contribution >= 4 is 23.7 Å². The van der Waals surface area contributed by atoms with Gasteiger partial charge in [0.25, 0.3) is 0 Å². The average Bonchev–Trinajstić information content (AvgIpc) is 2.35. The maximum Gasteiger partial charge on any atom is 0.156 e. The number of nitrogens with zero attached hydrogens (tertiary/aromatic N) is 3. The molecule has 0 bridgehead atoms. The van der Waals surface area contributed by atoms with Crippen LogP contribution < -0.4 is 4.90 Å². The lowest BCUT2D eigenvalue weighted by Gasteiger charge is -2.26. The van der Waals surface area contributed by atoms with E-state index < -0.39 is 0 Å². The largest absolute Gasteiger partial charge is 0.356 e. The number of aldehydes is 1. The van der Waals surface area contributed by atoms with E-state index in [-0.39, 0.29) is 5.15 Å². The number of carbonyl (C=O) groups excluding carboxylic acids is 1. The number of aromatic nitrogens is 2. The van der Waals surface area contributed by atoms with Crippen molar-refractivity contribution in [3.63, 3.8) is 0 Å². The van der Waals surface area contributed by atoms with Crippen LogP contribution in [0.4, 0.5) is 5.82 Å². The van der Waals surface area contributed by atoms with Crippen LogP contribution in [0.5, 0.6) is 0 Å². The topological polar surface area (TPSA) is 46.1 Å². The summed E-state index contributed by atoms with van der Waals surface area (Å²) in [4.78, 5) is 21.1. The summed E-state index contributed by atoms with van der Waals surface area (Å²) in [5, 5.41) is 0.215. The molecule has 0 aliphatic rings. The van der Waals surface area contributed by atoms with Crippen LogP contribution >= 0.6 is 11.6 Å². The lowest BCUT2D eigenvalue weighted by atomic mass is 10.1. The number of rotatable bonds is 6. The summed E-state index contributed by atoms with van der Waals surface area (Å²) in [5.41, 5.74) is 0.374. The summed E-state index contributed by atoms with van der Waals surface area (Å²) < 4.78 is 0. The van der Waals surface area contributed by atoms with Gasteiger partial charge >= 0.3 is 0 Å². The third-order valence-electron chi connectivity index (χ3n) is 2.84. The van der Waals surface area contributed by atoms with Gasteiger partial charge in [0.2, 0.25) is 0 Å². The molecule has 17 heavy (non-hydrogen) atoms. The van der Waals surface area contributed by atoms with Gasteiger partial charge < -0.3 is 4.90 Å². The van der Waals surface area contributed by atoms with Crippen LogP contribution in [0.25, 0.3) is 0 Å². The fraction of sp³-hybridized carbons (Fsp3) is 0.583. The van der Waals surface area contributed by atoms with Crippen LogP contribution in [-0.4, -0.2) is 29.3 Å². The summed E-state index contributed by atoms with van der Waals surface area (Å²) in [7, 11) is 0. The van der Waals surface area contributed by atoms with Crippen LogP contribution in [-0.2, 0) is 0 Å². The molecule has 0 N–H and O–H groups in total. The van der Waals surface area contributed by atoms with Gasteiger partial charge in [-0.2, -0.15) is 0 Å². The SMILES string of the molecule is CCC(C)CN(CC)c1ncnc(Cl)c1C=O. The summed E-state index contributed by atoms with van der Waals surface area (Å²) in [6.45, 7) is 8.00. The van der Waals surface area contributed by atoms with Gasteiger partial charge in [-0.15, -0.1) is 0 Å². The van der Waals surface area contributed by atoms with E-state index in [9.17, 15) is 4.79 Å². The maximum atomic E-state index is 11.0. The van der Waals surface area contributed by atoms with Gasteiger partial charge in [0.05, 0.1) is 5.56 Å². The van der Waals surface area contributed by atoms with Crippen molar-refractivity contribution in [3.8, 4) is 0 Å². The molecule has 94 valence electrons. The standard InChI is InChI=1S/C12H18ClN3O/c1-4-9(3)6-16(5-2)12-10(7-17)11(13)14-8-15-12/h7-9H,4-6H2,1-3H3. The molecule has 4 nitrogen and oxygen atoms in total. The summed E-state index contributed by atoms with van der Waals surface area (Å²) in [6.07, 6.45) is 3.20. The Morgan fingerprint density at radius 3 is 2.71 bits per heavy atom. The lowest BCUT2D eigenvalue weighted by Crippen LogP contribution is -2.30. The molecule has 0 radical (unpaired) electrons. The molecule has 0 amide bonds. The highest BCUT2D eigenvalue weighted by Crippen LogP contribution is 2.22. The number of carbonyl (C=O) groups is 1. The molecule has 5 heteroatoms. The van der Waals surface area contributed by atoms with Crippen molar-refractivity contribution in [1.29, 1.82) is 0 Å². The number of anilines is 1. The minimum absolute atomic E-state index is 0.215. The Morgan fingerprint density at radius 1 is 1.47 bits per heavy atom. The Balaban J connectivity index is 3.03. The first kappa shape index (κ1) is 13.9. The molecule has 0 saturated heterocycles. The molecule has 1 unspecified atom stereocenters. The predicted molar refractivity (Wildman–Crippen MR) is 69.8 cm³/mol. The van der Waals surface area contributed by atoms with E-state index >= 15 is 0 Å². The van der Waals surface area contributed by atoms with Gasteiger partial charge in [0.15, 0.2) is 6.29 Å². The van der Waals surface area contributed by atoms with E-state index in [4.69, 9.17) is 11.6 Å². The molecule has 0 aliphatic carbocycles. The fourth-order valence-corrected chi connectivity index (χ4v) is 1.76. The number of hydrogen-bond acceptors (Lipinski definition) is 4. The zero-order valence-electron chi connectivity index (χ0n) is 10.5. The van der Waals surface area contributed by atoms with E-state index in [0.717, 1.165) is 25.8 Å². The molecule has 0 aliphatic heterocycles. The average molecular weight is 256 g/mol. The first-order valence-electron chi connectivity index (χ1n) is 5.84. The Labute approximate surface area is 107 Å². The Bertz CT molecular complexity index is 384. The highest BCUT2D eigenvalue weighted by atomic mass is 35.5. The normalized spacial score (nSPS) is 12.2. The highest BCUT2D eigenvalue weighted by Gasteiger charge is 2.16. The minimum Gasteiger partial charge on any atom is -0.356 e. The quantitative estimate of drug-likeness (QED) is 0.579. The summed E-state index contributed by atoms with van der Waals surface area (Å²) in [6, 6.07) is 0. The first-order valence-corrected chi connectivity index (χ1v) is 6.22. The van der Waals surface area contributed by atoms with Crippen molar-refractivity contribution in [1.82, 2.24) is 9.97 Å². The maximum absolute atomic E-state index is 11.0. The number of halogens is 1. The van der Waals surface area contributed by atoms with Crippen LogP contribution in [0.15, 0.2) is 6.33 Å². The Morgan fingerprint density at radius 2 is 2.18 bits per heavy atom. The lowest BCUT2D eigenvalue weighted by molar-refractivity contribution is 0.112. The smallest absolute Gasteiger partial charge is 0.156 e. The molecular formula is C12H18ClN3O. The van der Waals surface area contributed by atoms with Gasteiger partial charge in [0.1, 0.15) is 17.3 Å². The van der Waals surface area contributed by atoms with E-state index in [2.05, 4.69) is 28.7 Å². The summed E-state index contributed by atoms with van der Waals surface area (Å²) in [5.74, 6) is 1.17. The van der Waals surface area contributed by atoms with Crippen LogP contribution in [0.3, 0.4) is 0 Å². The molecule has 0 aromatic carbocycles. The van der Waals surface area contributed by atoms with Crippen molar-refractivity contribution < 1.29 is 4.79 Å². The minimum atomic E-state index is 0.215. The second kappa shape index (κ2) is 6.55.